The van der Waals surface area contributed by atoms with Gasteiger partial charge in [-0.15, -0.1) is 0 Å². The molecular formula is C12H18ClNO3. The summed E-state index contributed by atoms with van der Waals surface area (Å²) < 4.78 is 5.03. The van der Waals surface area contributed by atoms with Gasteiger partial charge in [0.2, 0.25) is 0 Å². The monoisotopic (exact) mass is 259 g/mol. The Hall–Kier alpha value is -1.00. The fraction of sp³-hybridized carbons (Fsp3) is 0.583. The van der Waals surface area contributed by atoms with Gasteiger partial charge in [0, 0.05) is 12.6 Å². The Kier molecular flexibility index (Phi) is 4.60. The zero-order valence-electron chi connectivity index (χ0n) is 10.3. The van der Waals surface area contributed by atoms with Crippen molar-refractivity contribution in [2.45, 2.75) is 33.2 Å². The van der Waals surface area contributed by atoms with Crippen LogP contribution < -0.4 is 5.32 Å². The minimum atomic E-state index is -0.315. The average Bonchev–Trinajstić information content (AvgIpc) is 2.62. The van der Waals surface area contributed by atoms with Crippen LogP contribution in [0.1, 0.15) is 37.7 Å². The molecule has 96 valence electrons. The summed E-state index contributed by atoms with van der Waals surface area (Å²) >= 11 is 5.61. The standard InChI is InChI=1S/C12H18ClNO3/c1-12(2,3)9(6-7-15)14-11(16)8-4-5-10(13)17-8/h4-5,9,15H,6-7H2,1-3H3,(H,14,16). The molecule has 0 bridgehead atoms. The van der Waals surface area contributed by atoms with Crippen molar-refractivity contribution < 1.29 is 14.3 Å². The summed E-state index contributed by atoms with van der Waals surface area (Å²) in [5.41, 5.74) is -0.130. The van der Waals surface area contributed by atoms with Crippen molar-refractivity contribution in [3.8, 4) is 0 Å². The zero-order chi connectivity index (χ0) is 13.1. The van der Waals surface area contributed by atoms with Crippen LogP contribution in [0.5, 0.6) is 0 Å². The van der Waals surface area contributed by atoms with Gasteiger partial charge in [0.15, 0.2) is 11.0 Å². The Morgan fingerprint density at radius 2 is 2.18 bits per heavy atom. The predicted molar refractivity (Wildman–Crippen MR) is 66.1 cm³/mol. The number of amides is 1. The number of rotatable bonds is 4. The molecule has 1 unspecified atom stereocenters. The van der Waals surface area contributed by atoms with Gasteiger partial charge in [-0.05, 0) is 35.6 Å². The van der Waals surface area contributed by atoms with E-state index in [1.165, 1.54) is 12.1 Å². The number of halogens is 1. The Morgan fingerprint density at radius 1 is 1.53 bits per heavy atom. The molecule has 0 aromatic carbocycles. The first-order valence-corrected chi connectivity index (χ1v) is 5.89. The molecule has 1 atom stereocenters. The van der Waals surface area contributed by atoms with E-state index < -0.39 is 0 Å². The fourth-order valence-electron chi connectivity index (χ4n) is 1.52. The van der Waals surface area contributed by atoms with Crippen LogP contribution >= 0.6 is 11.6 Å². The van der Waals surface area contributed by atoms with Crippen LogP contribution in [0.25, 0.3) is 0 Å². The van der Waals surface area contributed by atoms with Crippen LogP contribution in [0.15, 0.2) is 16.5 Å². The lowest BCUT2D eigenvalue weighted by atomic mass is 9.85. The maximum absolute atomic E-state index is 11.8. The molecule has 2 N–H and O–H groups in total. The van der Waals surface area contributed by atoms with Crippen molar-refractivity contribution in [1.29, 1.82) is 0 Å². The normalized spacial score (nSPS) is 13.5. The molecule has 1 aromatic heterocycles. The van der Waals surface area contributed by atoms with E-state index in [0.29, 0.717) is 6.42 Å². The molecule has 1 heterocycles. The summed E-state index contributed by atoms with van der Waals surface area (Å²) in [7, 11) is 0. The summed E-state index contributed by atoms with van der Waals surface area (Å²) in [4.78, 5) is 11.8. The highest BCUT2D eigenvalue weighted by Gasteiger charge is 2.26. The number of carbonyl (C=O) groups is 1. The highest BCUT2D eigenvalue weighted by atomic mass is 35.5. The summed E-state index contributed by atoms with van der Waals surface area (Å²) in [5.74, 6) is -0.132. The summed E-state index contributed by atoms with van der Waals surface area (Å²) in [6, 6.07) is 2.93. The summed E-state index contributed by atoms with van der Waals surface area (Å²) in [6.45, 7) is 6.04. The first-order chi connectivity index (χ1) is 7.84. The molecule has 1 amide bonds. The molecule has 0 aliphatic carbocycles. The van der Waals surface area contributed by atoms with Crippen molar-refractivity contribution in [2.24, 2.45) is 5.41 Å². The van der Waals surface area contributed by atoms with E-state index in [0.717, 1.165) is 0 Å². The Bertz CT molecular complexity index is 381. The number of aliphatic hydroxyl groups is 1. The molecular weight excluding hydrogens is 242 g/mol. The Morgan fingerprint density at radius 3 is 2.59 bits per heavy atom. The van der Waals surface area contributed by atoms with Crippen LogP contribution in [0.2, 0.25) is 5.22 Å². The largest absolute Gasteiger partial charge is 0.440 e. The molecule has 4 nitrogen and oxygen atoms in total. The van der Waals surface area contributed by atoms with Crippen LogP contribution in [0.4, 0.5) is 0 Å². The van der Waals surface area contributed by atoms with Gasteiger partial charge in [-0.2, -0.15) is 0 Å². The Labute approximate surface area is 106 Å². The lowest BCUT2D eigenvalue weighted by Gasteiger charge is -2.30. The maximum atomic E-state index is 11.8. The second-order valence-electron chi connectivity index (χ2n) is 5.01. The van der Waals surface area contributed by atoms with Gasteiger partial charge < -0.3 is 14.8 Å². The van der Waals surface area contributed by atoms with Gasteiger partial charge in [-0.25, -0.2) is 0 Å². The van der Waals surface area contributed by atoms with E-state index in [9.17, 15) is 4.79 Å². The van der Waals surface area contributed by atoms with E-state index in [2.05, 4.69) is 5.32 Å². The van der Waals surface area contributed by atoms with Crippen LogP contribution in [-0.2, 0) is 0 Å². The first-order valence-electron chi connectivity index (χ1n) is 5.51. The molecule has 0 radical (unpaired) electrons. The van der Waals surface area contributed by atoms with Crippen molar-refractivity contribution in [3.05, 3.63) is 23.1 Å². The highest BCUT2D eigenvalue weighted by molar-refractivity contribution is 6.29. The number of furan rings is 1. The van der Waals surface area contributed by atoms with E-state index in [1.54, 1.807) is 0 Å². The number of nitrogens with one attached hydrogen (secondary N) is 1. The third-order valence-electron chi connectivity index (χ3n) is 2.57. The molecule has 5 heteroatoms. The molecule has 0 saturated heterocycles. The second-order valence-corrected chi connectivity index (χ2v) is 5.38. The number of hydrogen-bond donors (Lipinski definition) is 2. The molecule has 0 saturated carbocycles. The molecule has 0 fully saturated rings. The third-order valence-corrected chi connectivity index (χ3v) is 2.77. The lowest BCUT2D eigenvalue weighted by molar-refractivity contribution is 0.0857. The third kappa shape index (κ3) is 4.06. The highest BCUT2D eigenvalue weighted by Crippen LogP contribution is 2.22. The second kappa shape index (κ2) is 5.56. The quantitative estimate of drug-likeness (QED) is 0.873. The fourth-order valence-corrected chi connectivity index (χ4v) is 1.66. The van der Waals surface area contributed by atoms with Crippen LogP contribution in [0.3, 0.4) is 0 Å². The SMILES string of the molecule is CC(C)(C)C(CCO)NC(=O)c1ccc(Cl)o1. The van der Waals surface area contributed by atoms with Crippen molar-refractivity contribution in [1.82, 2.24) is 5.32 Å². The first kappa shape index (κ1) is 14.1. The van der Waals surface area contributed by atoms with Gasteiger partial charge in [-0.1, -0.05) is 20.8 Å². The topological polar surface area (TPSA) is 62.5 Å². The van der Waals surface area contributed by atoms with Crippen molar-refractivity contribution >= 4 is 17.5 Å². The summed E-state index contributed by atoms with van der Waals surface area (Å²) in [5, 5.41) is 12.0. The summed E-state index contributed by atoms with van der Waals surface area (Å²) in [6.07, 6.45) is 0.504. The maximum Gasteiger partial charge on any atom is 0.287 e. The molecule has 1 rings (SSSR count). The van der Waals surface area contributed by atoms with Gasteiger partial charge in [0.25, 0.3) is 5.91 Å². The minimum absolute atomic E-state index is 0.0289. The van der Waals surface area contributed by atoms with Gasteiger partial charge >= 0.3 is 0 Å². The minimum Gasteiger partial charge on any atom is -0.440 e. The van der Waals surface area contributed by atoms with Crippen LogP contribution in [0, 0.1) is 5.41 Å². The van der Waals surface area contributed by atoms with Crippen molar-refractivity contribution in [3.63, 3.8) is 0 Å². The van der Waals surface area contributed by atoms with E-state index in [-0.39, 0.29) is 35.0 Å². The number of hydrogen-bond acceptors (Lipinski definition) is 3. The number of carbonyl (C=O) groups excluding carboxylic acids is 1. The average molecular weight is 260 g/mol. The van der Waals surface area contributed by atoms with Gasteiger partial charge in [0.1, 0.15) is 0 Å². The molecule has 0 aliphatic heterocycles. The van der Waals surface area contributed by atoms with E-state index >= 15 is 0 Å². The lowest BCUT2D eigenvalue weighted by Crippen LogP contribution is -2.44. The molecule has 0 spiro atoms. The smallest absolute Gasteiger partial charge is 0.287 e. The molecule has 0 aliphatic rings. The van der Waals surface area contributed by atoms with Crippen molar-refractivity contribution in [2.75, 3.05) is 6.61 Å². The molecule has 1 aromatic rings. The van der Waals surface area contributed by atoms with E-state index in [1.807, 2.05) is 20.8 Å². The molecule has 17 heavy (non-hydrogen) atoms. The van der Waals surface area contributed by atoms with Crippen LogP contribution in [-0.4, -0.2) is 23.7 Å². The number of aliphatic hydroxyl groups excluding tert-OH is 1. The van der Waals surface area contributed by atoms with Gasteiger partial charge in [-0.3, -0.25) is 4.79 Å². The van der Waals surface area contributed by atoms with Gasteiger partial charge in [0.05, 0.1) is 0 Å². The zero-order valence-corrected chi connectivity index (χ0v) is 11.0. The predicted octanol–water partition coefficient (Wildman–Crippen LogP) is 2.46. The van der Waals surface area contributed by atoms with E-state index in [4.69, 9.17) is 21.1 Å². The Balaban J connectivity index is 2.71.